The van der Waals surface area contributed by atoms with Crippen LogP contribution < -0.4 is 0 Å². The highest BCUT2D eigenvalue weighted by atomic mass is 16.1. The van der Waals surface area contributed by atoms with E-state index in [0.29, 0.717) is 11.2 Å². The van der Waals surface area contributed by atoms with E-state index in [-0.39, 0.29) is 0 Å². The Morgan fingerprint density at radius 2 is 1.50 bits per heavy atom. The van der Waals surface area contributed by atoms with Gasteiger partial charge < -0.3 is 0 Å². The quantitative estimate of drug-likeness (QED) is 0.720. The van der Waals surface area contributed by atoms with Gasteiger partial charge in [0, 0.05) is 12.8 Å². The van der Waals surface area contributed by atoms with Gasteiger partial charge in [0.05, 0.1) is 0 Å². The zero-order valence-electron chi connectivity index (χ0n) is 11.5. The first kappa shape index (κ1) is 11.5. The van der Waals surface area contributed by atoms with Crippen molar-refractivity contribution in [1.29, 1.82) is 0 Å². The maximum absolute atomic E-state index is 12.3. The van der Waals surface area contributed by atoms with E-state index < -0.39 is 0 Å². The van der Waals surface area contributed by atoms with Crippen LogP contribution in [-0.2, 0) is 4.79 Å². The third kappa shape index (κ3) is 1.94. The minimum absolute atomic E-state index is 0.482. The molecule has 0 aromatic rings. The average Bonchev–Trinajstić information content (AvgIpc) is 2.20. The van der Waals surface area contributed by atoms with Crippen LogP contribution in [0.3, 0.4) is 0 Å². The van der Waals surface area contributed by atoms with Crippen molar-refractivity contribution in [1.82, 2.24) is 0 Å². The van der Waals surface area contributed by atoms with Gasteiger partial charge in [-0.15, -0.1) is 0 Å². The van der Waals surface area contributed by atoms with Gasteiger partial charge in [-0.1, -0.05) is 19.3 Å². The summed E-state index contributed by atoms with van der Waals surface area (Å²) in [6, 6.07) is 0. The lowest BCUT2D eigenvalue weighted by Gasteiger charge is -2.56. The summed E-state index contributed by atoms with van der Waals surface area (Å²) in [5.41, 5.74) is 0.482. The number of carbonyl (C=O) groups is 1. The van der Waals surface area contributed by atoms with Gasteiger partial charge in [0.15, 0.2) is 0 Å². The van der Waals surface area contributed by atoms with Crippen LogP contribution in [0.25, 0.3) is 0 Å². The van der Waals surface area contributed by atoms with Crippen molar-refractivity contribution >= 4 is 5.78 Å². The molecule has 0 N–H and O–H groups in total. The standard InChI is InChI=1S/C17H26O/c18-16(7-12-2-1-3-12)11-17-8-13-4-14(9-17)6-15(5-13)10-17/h12-15H,1-11H2. The van der Waals surface area contributed by atoms with Gasteiger partial charge in [0.25, 0.3) is 0 Å². The average molecular weight is 246 g/mol. The maximum Gasteiger partial charge on any atom is 0.133 e. The van der Waals surface area contributed by atoms with Crippen LogP contribution >= 0.6 is 0 Å². The van der Waals surface area contributed by atoms with Crippen molar-refractivity contribution in [3.63, 3.8) is 0 Å². The van der Waals surface area contributed by atoms with Gasteiger partial charge in [-0.25, -0.2) is 0 Å². The van der Waals surface area contributed by atoms with Crippen LogP contribution in [0, 0.1) is 29.1 Å². The Balaban J connectivity index is 1.42. The molecular formula is C17H26O. The fourth-order valence-electron chi connectivity index (χ4n) is 6.02. The molecule has 100 valence electrons. The highest BCUT2D eigenvalue weighted by Crippen LogP contribution is 2.61. The first-order chi connectivity index (χ1) is 8.71. The number of hydrogen-bond donors (Lipinski definition) is 0. The van der Waals surface area contributed by atoms with E-state index >= 15 is 0 Å². The van der Waals surface area contributed by atoms with E-state index in [4.69, 9.17) is 0 Å². The van der Waals surface area contributed by atoms with Crippen molar-refractivity contribution in [3.05, 3.63) is 0 Å². The lowest BCUT2D eigenvalue weighted by molar-refractivity contribution is -0.128. The second-order valence-corrected chi connectivity index (χ2v) is 8.13. The van der Waals surface area contributed by atoms with Gasteiger partial charge in [-0.2, -0.15) is 0 Å². The van der Waals surface area contributed by atoms with E-state index in [9.17, 15) is 4.79 Å². The number of hydrogen-bond acceptors (Lipinski definition) is 1. The predicted octanol–water partition coefficient (Wildman–Crippen LogP) is 4.35. The molecule has 5 saturated carbocycles. The predicted molar refractivity (Wildman–Crippen MR) is 72.2 cm³/mol. The number of rotatable bonds is 4. The Bertz CT molecular complexity index is 317. The number of ketones is 1. The number of Topliss-reactive ketones (excluding diaryl/α,β-unsaturated/α-hetero) is 1. The van der Waals surface area contributed by atoms with E-state index in [1.54, 1.807) is 0 Å². The second kappa shape index (κ2) is 4.08. The molecule has 0 aromatic carbocycles. The fraction of sp³-hybridized carbons (Fsp3) is 0.941. The first-order valence-electron chi connectivity index (χ1n) is 8.22. The highest BCUT2D eigenvalue weighted by molar-refractivity contribution is 5.79. The SMILES string of the molecule is O=C(CC1CCC1)CC12CC3CC(CC(C3)C1)C2. The van der Waals surface area contributed by atoms with Crippen molar-refractivity contribution in [2.24, 2.45) is 29.1 Å². The van der Waals surface area contributed by atoms with Crippen molar-refractivity contribution in [2.45, 2.75) is 70.6 Å². The van der Waals surface area contributed by atoms with Crippen LogP contribution in [0.1, 0.15) is 70.6 Å². The van der Waals surface area contributed by atoms with Gasteiger partial charge in [-0.05, 0) is 67.6 Å². The summed E-state index contributed by atoms with van der Waals surface area (Å²) in [6.07, 6.45) is 14.6. The lowest BCUT2D eigenvalue weighted by atomic mass is 9.48. The number of carbonyl (C=O) groups excluding carboxylic acids is 1. The van der Waals surface area contributed by atoms with E-state index in [1.807, 2.05) is 0 Å². The Kier molecular flexibility index (Phi) is 2.61. The molecule has 4 bridgehead atoms. The Labute approximate surface area is 111 Å². The lowest BCUT2D eigenvalue weighted by Crippen LogP contribution is -2.47. The Morgan fingerprint density at radius 1 is 0.944 bits per heavy atom. The Hall–Kier alpha value is -0.330. The smallest absolute Gasteiger partial charge is 0.133 e. The summed E-state index contributed by atoms with van der Waals surface area (Å²) in [6.45, 7) is 0. The monoisotopic (exact) mass is 246 g/mol. The molecule has 0 amide bonds. The third-order valence-electron chi connectivity index (χ3n) is 6.48. The fourth-order valence-corrected chi connectivity index (χ4v) is 6.02. The molecule has 18 heavy (non-hydrogen) atoms. The maximum atomic E-state index is 12.3. The van der Waals surface area contributed by atoms with E-state index in [0.717, 1.165) is 36.5 Å². The van der Waals surface area contributed by atoms with Crippen LogP contribution in [0.15, 0.2) is 0 Å². The molecule has 0 saturated heterocycles. The molecule has 5 aliphatic carbocycles. The first-order valence-corrected chi connectivity index (χ1v) is 8.22. The molecule has 5 rings (SSSR count). The third-order valence-corrected chi connectivity index (χ3v) is 6.48. The van der Waals surface area contributed by atoms with E-state index in [1.165, 1.54) is 57.8 Å². The molecule has 0 heterocycles. The van der Waals surface area contributed by atoms with Crippen LogP contribution in [0.4, 0.5) is 0 Å². The summed E-state index contributed by atoms with van der Waals surface area (Å²) in [4.78, 5) is 12.3. The molecule has 0 aromatic heterocycles. The van der Waals surface area contributed by atoms with Crippen molar-refractivity contribution < 1.29 is 4.79 Å². The summed E-state index contributed by atoms with van der Waals surface area (Å²) in [5.74, 6) is 4.36. The van der Waals surface area contributed by atoms with Gasteiger partial charge in [0.1, 0.15) is 5.78 Å². The molecule has 1 nitrogen and oxygen atoms in total. The second-order valence-electron chi connectivity index (χ2n) is 8.13. The highest BCUT2D eigenvalue weighted by Gasteiger charge is 2.51. The molecule has 0 spiro atoms. The zero-order chi connectivity index (χ0) is 12.2. The van der Waals surface area contributed by atoms with Gasteiger partial charge in [-0.3, -0.25) is 4.79 Å². The molecule has 0 aliphatic heterocycles. The largest absolute Gasteiger partial charge is 0.300 e. The molecule has 1 heteroatoms. The van der Waals surface area contributed by atoms with E-state index in [2.05, 4.69) is 0 Å². The summed E-state index contributed by atoms with van der Waals surface area (Å²) in [5, 5.41) is 0. The summed E-state index contributed by atoms with van der Waals surface area (Å²) in [7, 11) is 0. The summed E-state index contributed by atoms with van der Waals surface area (Å²) >= 11 is 0. The van der Waals surface area contributed by atoms with Crippen molar-refractivity contribution in [2.75, 3.05) is 0 Å². The molecule has 0 unspecified atom stereocenters. The molecule has 5 fully saturated rings. The minimum atomic E-state index is 0.482. The Morgan fingerprint density at radius 3 is 1.94 bits per heavy atom. The van der Waals surface area contributed by atoms with Crippen LogP contribution in [-0.4, -0.2) is 5.78 Å². The molecular weight excluding hydrogens is 220 g/mol. The molecule has 5 aliphatic rings. The zero-order valence-corrected chi connectivity index (χ0v) is 11.5. The normalized spacial score (nSPS) is 46.1. The molecule has 0 radical (unpaired) electrons. The summed E-state index contributed by atoms with van der Waals surface area (Å²) < 4.78 is 0. The molecule has 0 atom stereocenters. The van der Waals surface area contributed by atoms with Crippen molar-refractivity contribution in [3.8, 4) is 0 Å². The topological polar surface area (TPSA) is 17.1 Å². The van der Waals surface area contributed by atoms with Gasteiger partial charge in [0.2, 0.25) is 0 Å². The van der Waals surface area contributed by atoms with Crippen LogP contribution in [0.2, 0.25) is 0 Å². The van der Waals surface area contributed by atoms with Crippen LogP contribution in [0.5, 0.6) is 0 Å². The minimum Gasteiger partial charge on any atom is -0.300 e. The van der Waals surface area contributed by atoms with Gasteiger partial charge >= 0.3 is 0 Å².